The summed E-state index contributed by atoms with van der Waals surface area (Å²) in [6, 6.07) is 6.56. The zero-order valence-electron chi connectivity index (χ0n) is 27.7. The molecule has 0 saturated heterocycles. The quantitative estimate of drug-likeness (QED) is 0.250. The van der Waals surface area contributed by atoms with Crippen molar-refractivity contribution in [2.45, 2.75) is 140 Å². The minimum atomic E-state index is -3.56. The molecule has 42 heavy (non-hydrogen) atoms. The van der Waals surface area contributed by atoms with Gasteiger partial charge < -0.3 is 9.47 Å². The molecule has 0 spiro atoms. The predicted molar refractivity (Wildman–Crippen MR) is 181 cm³/mol. The molecule has 0 N–H and O–H groups in total. The first-order chi connectivity index (χ1) is 19.9. The Balaban J connectivity index is 2.22. The monoisotopic (exact) mass is 614 g/mol. The summed E-state index contributed by atoms with van der Waals surface area (Å²) in [5.74, 6) is 2.26. The van der Waals surface area contributed by atoms with Gasteiger partial charge in [0.25, 0.3) is 0 Å². The highest BCUT2D eigenvalue weighted by atomic mass is 32.2. The van der Waals surface area contributed by atoms with Crippen LogP contribution in [0.15, 0.2) is 23.1 Å². The smallest absolute Gasteiger partial charge is 0.179 e. The average molecular weight is 615 g/mol. The summed E-state index contributed by atoms with van der Waals surface area (Å²) < 4.78 is 39.3. The molecule has 2 saturated carbocycles. The molecule has 2 aromatic rings. The Morgan fingerprint density at radius 3 is 1.52 bits per heavy atom. The van der Waals surface area contributed by atoms with E-state index in [9.17, 15) is 8.42 Å². The largest absolute Gasteiger partial charge is 0.496 e. The SMILES string of the molecule is COc1cc(S(C)(=O)=O)c(OC)c(P(C2CCCCC2)C2CCCCC2)c1-c1c(C(C)C)cc(C(C)C)cc1C(C)C. The third kappa shape index (κ3) is 6.88. The normalized spacial score (nSPS) is 17.5. The van der Waals surface area contributed by atoms with Crippen LogP contribution in [0.1, 0.15) is 140 Å². The highest BCUT2D eigenvalue weighted by Crippen LogP contribution is 2.60. The van der Waals surface area contributed by atoms with Crippen LogP contribution in [-0.2, 0) is 9.84 Å². The van der Waals surface area contributed by atoms with Crippen molar-refractivity contribution < 1.29 is 17.9 Å². The van der Waals surface area contributed by atoms with Crippen LogP contribution in [0.25, 0.3) is 11.1 Å². The zero-order valence-corrected chi connectivity index (χ0v) is 29.4. The summed E-state index contributed by atoms with van der Waals surface area (Å²) in [5.41, 5.74) is 7.49. The minimum absolute atomic E-state index is 0.274. The van der Waals surface area contributed by atoms with Gasteiger partial charge in [-0.1, -0.05) is 100 Å². The Bertz CT molecular complexity index is 1290. The fourth-order valence-corrected chi connectivity index (χ4v) is 12.4. The van der Waals surface area contributed by atoms with Crippen LogP contribution in [-0.4, -0.2) is 40.2 Å². The van der Waals surface area contributed by atoms with Crippen LogP contribution in [0.3, 0.4) is 0 Å². The lowest BCUT2D eigenvalue weighted by atomic mass is 9.81. The predicted octanol–water partition coefficient (Wildman–Crippen LogP) is 9.92. The molecular weight excluding hydrogens is 559 g/mol. The van der Waals surface area contributed by atoms with Crippen molar-refractivity contribution in [1.82, 2.24) is 0 Å². The second-order valence-electron chi connectivity index (χ2n) is 13.6. The molecule has 0 amide bonds. The Morgan fingerprint density at radius 1 is 0.690 bits per heavy atom. The molecule has 0 unspecified atom stereocenters. The highest BCUT2D eigenvalue weighted by Gasteiger charge is 2.40. The topological polar surface area (TPSA) is 52.6 Å². The van der Waals surface area contributed by atoms with Crippen molar-refractivity contribution in [3.05, 3.63) is 34.9 Å². The summed E-state index contributed by atoms with van der Waals surface area (Å²) in [4.78, 5) is 0.274. The number of hydrogen-bond donors (Lipinski definition) is 0. The molecule has 2 aliphatic carbocycles. The second kappa shape index (κ2) is 14.0. The first-order valence-corrected chi connectivity index (χ1v) is 19.7. The van der Waals surface area contributed by atoms with Crippen LogP contribution in [0.2, 0.25) is 0 Å². The molecule has 0 aliphatic heterocycles. The van der Waals surface area contributed by atoms with Gasteiger partial charge in [-0.2, -0.15) is 0 Å². The van der Waals surface area contributed by atoms with Crippen molar-refractivity contribution in [3.63, 3.8) is 0 Å². The van der Waals surface area contributed by atoms with Gasteiger partial charge in [-0.05, 0) is 77.0 Å². The van der Waals surface area contributed by atoms with Gasteiger partial charge in [-0.15, -0.1) is 0 Å². The summed E-state index contributed by atoms with van der Waals surface area (Å²) in [6.45, 7) is 13.7. The van der Waals surface area contributed by atoms with Crippen LogP contribution < -0.4 is 14.8 Å². The third-order valence-corrected chi connectivity index (χ3v) is 14.2. The minimum Gasteiger partial charge on any atom is -0.496 e. The third-order valence-electron chi connectivity index (χ3n) is 9.58. The summed E-state index contributed by atoms with van der Waals surface area (Å²) in [6.07, 6.45) is 13.8. The van der Waals surface area contributed by atoms with Crippen molar-refractivity contribution >= 4 is 23.1 Å². The van der Waals surface area contributed by atoms with Gasteiger partial charge in [-0.25, -0.2) is 8.42 Å². The fraction of sp³-hybridized carbons (Fsp3) is 0.667. The van der Waals surface area contributed by atoms with E-state index < -0.39 is 17.8 Å². The van der Waals surface area contributed by atoms with E-state index in [-0.39, 0.29) is 4.90 Å². The highest BCUT2D eigenvalue weighted by molar-refractivity contribution is 7.90. The van der Waals surface area contributed by atoms with E-state index in [0.29, 0.717) is 40.6 Å². The van der Waals surface area contributed by atoms with Crippen LogP contribution in [0, 0.1) is 0 Å². The summed E-state index contributed by atoms with van der Waals surface area (Å²) >= 11 is 0. The second-order valence-corrected chi connectivity index (χ2v) is 18.3. The van der Waals surface area contributed by atoms with Crippen molar-refractivity contribution in [2.75, 3.05) is 20.5 Å². The molecule has 234 valence electrons. The van der Waals surface area contributed by atoms with E-state index in [1.54, 1.807) is 20.3 Å². The maximum Gasteiger partial charge on any atom is 0.179 e. The Labute approximate surface area is 258 Å². The van der Waals surface area contributed by atoms with Gasteiger partial charge in [0.2, 0.25) is 0 Å². The molecule has 0 radical (unpaired) electrons. The van der Waals surface area contributed by atoms with E-state index in [2.05, 4.69) is 53.7 Å². The number of benzene rings is 2. The van der Waals surface area contributed by atoms with E-state index in [4.69, 9.17) is 9.47 Å². The average Bonchev–Trinajstić information content (AvgIpc) is 2.96. The van der Waals surface area contributed by atoms with Gasteiger partial charge in [0, 0.05) is 23.2 Å². The number of ether oxygens (including phenoxy) is 2. The van der Waals surface area contributed by atoms with Gasteiger partial charge >= 0.3 is 0 Å². The number of hydrogen-bond acceptors (Lipinski definition) is 4. The molecule has 0 aromatic heterocycles. The first kappa shape index (κ1) is 33.3. The lowest BCUT2D eigenvalue weighted by molar-refractivity contribution is 0.396. The Hall–Kier alpha value is -1.58. The summed E-state index contributed by atoms with van der Waals surface area (Å²) in [5, 5.41) is 1.16. The molecule has 2 fully saturated rings. The Morgan fingerprint density at radius 2 is 1.17 bits per heavy atom. The number of rotatable bonds is 10. The molecule has 2 aromatic carbocycles. The van der Waals surface area contributed by atoms with Gasteiger partial charge in [0.15, 0.2) is 9.84 Å². The molecule has 0 bridgehead atoms. The first-order valence-electron chi connectivity index (χ1n) is 16.4. The molecular formula is C36H55O4PS. The van der Waals surface area contributed by atoms with Gasteiger partial charge in [-0.3, -0.25) is 0 Å². The van der Waals surface area contributed by atoms with Gasteiger partial charge in [0.1, 0.15) is 16.4 Å². The fourth-order valence-electron chi connectivity index (χ4n) is 7.35. The van der Waals surface area contributed by atoms with Crippen molar-refractivity contribution in [3.8, 4) is 22.6 Å². The number of methoxy groups -OCH3 is 2. The van der Waals surface area contributed by atoms with E-state index in [1.165, 1.54) is 92.7 Å². The zero-order chi connectivity index (χ0) is 30.8. The standard InChI is InChI=1S/C36H55O4PS/c1-23(2)26-20-29(24(3)4)33(30(21-26)25(5)6)34-31(39-7)22-32(42(9,37)38)35(40-8)36(34)41(27-16-12-10-13-17-27)28-18-14-11-15-19-28/h20-25,27-28H,10-19H2,1-9H3. The maximum absolute atomic E-state index is 13.4. The van der Waals surface area contributed by atoms with E-state index >= 15 is 0 Å². The molecule has 0 atom stereocenters. The molecule has 4 rings (SSSR count). The van der Waals surface area contributed by atoms with E-state index in [1.807, 2.05) is 0 Å². The molecule has 6 heteroatoms. The molecule has 2 aliphatic rings. The lowest BCUT2D eigenvalue weighted by Gasteiger charge is -2.41. The maximum atomic E-state index is 13.4. The van der Waals surface area contributed by atoms with Crippen LogP contribution in [0.4, 0.5) is 0 Å². The summed E-state index contributed by atoms with van der Waals surface area (Å²) in [7, 11) is -0.882. The molecule has 4 nitrogen and oxygen atoms in total. The Kier molecular flexibility index (Phi) is 11.1. The molecule has 0 heterocycles. The van der Waals surface area contributed by atoms with Crippen LogP contribution >= 0.6 is 7.92 Å². The van der Waals surface area contributed by atoms with E-state index in [0.717, 1.165) is 10.9 Å². The van der Waals surface area contributed by atoms with Gasteiger partial charge in [0.05, 0.1) is 14.2 Å². The lowest BCUT2D eigenvalue weighted by Crippen LogP contribution is -2.29. The number of sulfone groups is 1. The van der Waals surface area contributed by atoms with Crippen molar-refractivity contribution in [1.29, 1.82) is 0 Å². The van der Waals surface area contributed by atoms with Crippen molar-refractivity contribution in [2.24, 2.45) is 0 Å². The van der Waals surface area contributed by atoms with Crippen LogP contribution in [0.5, 0.6) is 11.5 Å².